The van der Waals surface area contributed by atoms with Gasteiger partial charge in [-0.3, -0.25) is 4.98 Å². The summed E-state index contributed by atoms with van der Waals surface area (Å²) in [5.41, 5.74) is 4.06. The van der Waals surface area contributed by atoms with Gasteiger partial charge in [-0.2, -0.15) is 0 Å². The van der Waals surface area contributed by atoms with Gasteiger partial charge in [0, 0.05) is 29.1 Å². The number of pyridine rings is 1. The number of thioether (sulfide) groups is 1. The topological polar surface area (TPSA) is 24.9 Å². The van der Waals surface area contributed by atoms with E-state index in [4.69, 9.17) is 0 Å². The van der Waals surface area contributed by atoms with Gasteiger partial charge in [0.2, 0.25) is 0 Å². The first kappa shape index (κ1) is 14.1. The molecule has 0 fully saturated rings. The molecule has 0 spiro atoms. The number of rotatable bonds is 5. The van der Waals surface area contributed by atoms with Crippen molar-refractivity contribution in [3.8, 4) is 0 Å². The molecule has 0 saturated heterocycles. The molecule has 3 heteroatoms. The molecule has 0 radical (unpaired) electrons. The highest BCUT2D eigenvalue weighted by Gasteiger charge is 2.12. The quantitative estimate of drug-likeness (QED) is 0.839. The van der Waals surface area contributed by atoms with Gasteiger partial charge in [-0.05, 0) is 44.2 Å². The number of aromatic nitrogens is 1. The minimum absolute atomic E-state index is 0.374. The molecular weight excluding hydrogens is 252 g/mol. The van der Waals surface area contributed by atoms with Gasteiger partial charge < -0.3 is 5.32 Å². The summed E-state index contributed by atoms with van der Waals surface area (Å²) < 4.78 is 0. The maximum Gasteiger partial charge on any atom is 0.0415 e. The summed E-state index contributed by atoms with van der Waals surface area (Å²) >= 11 is 1.86. The van der Waals surface area contributed by atoms with Crippen LogP contribution in [0.5, 0.6) is 0 Å². The molecule has 1 aromatic heterocycles. The fourth-order valence-corrected chi connectivity index (χ4v) is 3.18. The van der Waals surface area contributed by atoms with E-state index in [2.05, 4.69) is 54.5 Å². The molecule has 1 heterocycles. The summed E-state index contributed by atoms with van der Waals surface area (Å²) in [5.74, 6) is 1.02. The lowest BCUT2D eigenvalue weighted by Gasteiger charge is -2.19. The predicted molar refractivity (Wildman–Crippen MR) is 82.7 cm³/mol. The van der Waals surface area contributed by atoms with Gasteiger partial charge in [-0.1, -0.05) is 23.8 Å². The molecule has 1 unspecified atom stereocenters. The molecule has 2 aromatic rings. The molecule has 1 aromatic carbocycles. The smallest absolute Gasteiger partial charge is 0.0415 e. The summed E-state index contributed by atoms with van der Waals surface area (Å²) in [5, 5.41) is 3.41. The van der Waals surface area contributed by atoms with Crippen LogP contribution in [0.1, 0.15) is 22.7 Å². The lowest BCUT2D eigenvalue weighted by molar-refractivity contribution is 0.657. The van der Waals surface area contributed by atoms with E-state index in [1.54, 1.807) is 0 Å². The van der Waals surface area contributed by atoms with Gasteiger partial charge in [-0.25, -0.2) is 0 Å². The molecule has 0 bridgehead atoms. The molecule has 0 aliphatic carbocycles. The molecule has 1 atom stereocenters. The molecule has 0 amide bonds. The largest absolute Gasteiger partial charge is 0.312 e. The Kier molecular flexibility index (Phi) is 5.00. The van der Waals surface area contributed by atoms with Gasteiger partial charge in [0.15, 0.2) is 0 Å². The molecule has 0 aliphatic rings. The number of nitrogens with one attached hydrogen (secondary N) is 1. The highest BCUT2D eigenvalue weighted by atomic mass is 32.2. The zero-order valence-corrected chi connectivity index (χ0v) is 12.5. The van der Waals surface area contributed by atoms with E-state index in [1.165, 1.54) is 21.6 Å². The molecule has 2 rings (SSSR count). The maximum atomic E-state index is 4.05. The fourth-order valence-electron chi connectivity index (χ4n) is 2.16. The van der Waals surface area contributed by atoms with Crippen molar-refractivity contribution in [1.82, 2.24) is 10.3 Å². The van der Waals surface area contributed by atoms with E-state index in [-0.39, 0.29) is 0 Å². The van der Waals surface area contributed by atoms with E-state index in [9.17, 15) is 0 Å². The van der Waals surface area contributed by atoms with Crippen molar-refractivity contribution in [3.63, 3.8) is 0 Å². The zero-order chi connectivity index (χ0) is 13.7. The van der Waals surface area contributed by atoms with Crippen LogP contribution in [-0.4, -0.2) is 17.8 Å². The molecular formula is C16H20N2S. The first-order valence-electron chi connectivity index (χ1n) is 6.48. The Labute approximate surface area is 119 Å². The van der Waals surface area contributed by atoms with Crippen molar-refractivity contribution in [2.45, 2.75) is 24.8 Å². The number of hydrogen-bond donors (Lipinski definition) is 1. The lowest BCUT2D eigenvalue weighted by Crippen LogP contribution is -2.19. The molecule has 19 heavy (non-hydrogen) atoms. The van der Waals surface area contributed by atoms with Crippen LogP contribution in [0.4, 0.5) is 0 Å². The first-order chi connectivity index (χ1) is 9.20. The van der Waals surface area contributed by atoms with Gasteiger partial charge >= 0.3 is 0 Å². The van der Waals surface area contributed by atoms with Crippen LogP contribution >= 0.6 is 11.8 Å². The van der Waals surface area contributed by atoms with Crippen molar-refractivity contribution in [2.24, 2.45) is 0 Å². The number of nitrogens with zero attached hydrogens (tertiary/aromatic N) is 1. The molecule has 0 saturated carbocycles. The second-order valence-electron chi connectivity index (χ2n) is 4.70. The predicted octanol–water partition coefficient (Wildman–Crippen LogP) is 3.75. The highest BCUT2D eigenvalue weighted by Crippen LogP contribution is 2.26. The van der Waals surface area contributed by atoms with Crippen LogP contribution in [0.2, 0.25) is 0 Å². The second kappa shape index (κ2) is 6.73. The number of benzene rings is 1. The van der Waals surface area contributed by atoms with Crippen LogP contribution in [0, 0.1) is 13.8 Å². The molecule has 0 aliphatic heterocycles. The Bertz CT molecular complexity index is 526. The summed E-state index contributed by atoms with van der Waals surface area (Å²) in [6, 6.07) is 11.1. The Morgan fingerprint density at radius 1 is 1.16 bits per heavy atom. The molecule has 100 valence electrons. The number of hydrogen-bond acceptors (Lipinski definition) is 3. The Morgan fingerprint density at radius 2 is 1.89 bits per heavy atom. The average molecular weight is 272 g/mol. The van der Waals surface area contributed by atoms with Crippen molar-refractivity contribution in [2.75, 3.05) is 12.8 Å². The van der Waals surface area contributed by atoms with Gasteiger partial charge in [-0.15, -0.1) is 11.8 Å². The summed E-state index contributed by atoms with van der Waals surface area (Å²) in [6.45, 7) is 4.32. The summed E-state index contributed by atoms with van der Waals surface area (Å²) in [4.78, 5) is 5.31. The van der Waals surface area contributed by atoms with Crippen molar-refractivity contribution < 1.29 is 0 Å². The molecule has 2 nitrogen and oxygen atoms in total. The van der Waals surface area contributed by atoms with Gasteiger partial charge in [0.05, 0.1) is 0 Å². The van der Waals surface area contributed by atoms with E-state index in [0.29, 0.717) is 6.04 Å². The first-order valence-corrected chi connectivity index (χ1v) is 7.46. The third-order valence-electron chi connectivity index (χ3n) is 3.22. The third kappa shape index (κ3) is 3.82. The minimum Gasteiger partial charge on any atom is -0.312 e. The summed E-state index contributed by atoms with van der Waals surface area (Å²) in [7, 11) is 2.02. The second-order valence-corrected chi connectivity index (χ2v) is 5.79. The zero-order valence-electron chi connectivity index (χ0n) is 11.7. The normalized spacial score (nSPS) is 12.4. The highest BCUT2D eigenvalue weighted by molar-refractivity contribution is 7.99. The lowest BCUT2D eigenvalue weighted by atomic mass is 10.0. The van der Waals surface area contributed by atoms with E-state index >= 15 is 0 Å². The summed E-state index contributed by atoms with van der Waals surface area (Å²) in [6.07, 6.45) is 3.68. The fraction of sp³-hybridized carbons (Fsp3) is 0.312. The standard InChI is InChI=1S/C16H20N2S/c1-12-4-5-15(13(2)10-12)16(17-3)11-19-14-6-8-18-9-7-14/h4-10,16-17H,11H2,1-3H3. The monoisotopic (exact) mass is 272 g/mol. The van der Waals surface area contributed by atoms with Crippen LogP contribution < -0.4 is 5.32 Å². The van der Waals surface area contributed by atoms with Crippen molar-refractivity contribution in [3.05, 3.63) is 59.4 Å². The Hall–Kier alpha value is -1.32. The van der Waals surface area contributed by atoms with E-state index in [0.717, 1.165) is 5.75 Å². The Morgan fingerprint density at radius 3 is 2.53 bits per heavy atom. The average Bonchev–Trinajstić information content (AvgIpc) is 2.42. The van der Waals surface area contributed by atoms with Gasteiger partial charge in [0.1, 0.15) is 0 Å². The van der Waals surface area contributed by atoms with E-state index in [1.807, 2.05) is 31.2 Å². The Balaban J connectivity index is 2.08. The van der Waals surface area contributed by atoms with Crippen LogP contribution in [0.15, 0.2) is 47.6 Å². The minimum atomic E-state index is 0.374. The van der Waals surface area contributed by atoms with Crippen LogP contribution in [-0.2, 0) is 0 Å². The van der Waals surface area contributed by atoms with E-state index < -0.39 is 0 Å². The van der Waals surface area contributed by atoms with Crippen molar-refractivity contribution >= 4 is 11.8 Å². The van der Waals surface area contributed by atoms with Crippen molar-refractivity contribution in [1.29, 1.82) is 0 Å². The SMILES string of the molecule is CNC(CSc1ccncc1)c1ccc(C)cc1C. The third-order valence-corrected chi connectivity index (χ3v) is 4.32. The molecule has 1 N–H and O–H groups in total. The number of aryl methyl sites for hydroxylation is 2. The maximum absolute atomic E-state index is 4.05. The van der Waals surface area contributed by atoms with Crippen LogP contribution in [0.3, 0.4) is 0 Å². The van der Waals surface area contributed by atoms with Crippen LogP contribution in [0.25, 0.3) is 0 Å². The van der Waals surface area contributed by atoms with Gasteiger partial charge in [0.25, 0.3) is 0 Å².